The fraction of sp³-hybridized carbons (Fsp3) is 0.167. The number of thioether (sulfide) groups is 1. The van der Waals surface area contributed by atoms with E-state index in [-0.39, 0.29) is 5.91 Å². The summed E-state index contributed by atoms with van der Waals surface area (Å²) in [6.45, 7) is 4.23. The van der Waals surface area contributed by atoms with Crippen LogP contribution in [-0.4, -0.2) is 16.6 Å². The minimum absolute atomic E-state index is 0.0101. The molecule has 1 aromatic heterocycles. The fourth-order valence-corrected chi connectivity index (χ4v) is 4.84. The van der Waals surface area contributed by atoms with E-state index < -0.39 is 0 Å². The maximum atomic E-state index is 12.4. The van der Waals surface area contributed by atoms with Crippen molar-refractivity contribution in [1.82, 2.24) is 4.98 Å². The summed E-state index contributed by atoms with van der Waals surface area (Å²) in [4.78, 5) is 18.3. The van der Waals surface area contributed by atoms with Crippen molar-refractivity contribution >= 4 is 44.9 Å². The quantitative estimate of drug-likeness (QED) is 0.360. The molecule has 0 unspecified atom stereocenters. The highest BCUT2D eigenvalue weighted by Gasteiger charge is 2.08. The lowest BCUT2D eigenvalue weighted by Gasteiger charge is -2.07. The van der Waals surface area contributed by atoms with E-state index in [2.05, 4.69) is 49.5 Å². The van der Waals surface area contributed by atoms with E-state index in [1.54, 1.807) is 23.1 Å². The van der Waals surface area contributed by atoms with E-state index in [9.17, 15) is 4.79 Å². The molecule has 1 N–H and O–H groups in total. The highest BCUT2D eigenvalue weighted by atomic mass is 32.2. The molecule has 146 valence electrons. The van der Waals surface area contributed by atoms with Gasteiger partial charge in [-0.1, -0.05) is 25.1 Å². The molecule has 0 saturated carbocycles. The van der Waals surface area contributed by atoms with Gasteiger partial charge in [-0.3, -0.25) is 4.79 Å². The summed E-state index contributed by atoms with van der Waals surface area (Å²) >= 11 is 3.49. The molecule has 4 aromatic rings. The van der Waals surface area contributed by atoms with E-state index in [1.807, 2.05) is 36.4 Å². The Hall–Kier alpha value is -2.63. The summed E-state index contributed by atoms with van der Waals surface area (Å²) in [5.41, 5.74) is 5.14. The molecule has 3 nitrogen and oxygen atoms in total. The monoisotopic (exact) mass is 418 g/mol. The third-order valence-corrected chi connectivity index (χ3v) is 6.52. The number of hydrogen-bond donors (Lipinski definition) is 1. The fourth-order valence-electron chi connectivity index (χ4n) is 3.11. The highest BCUT2D eigenvalue weighted by Crippen LogP contribution is 2.31. The number of nitrogens with one attached hydrogen (secondary N) is 1. The predicted octanol–water partition coefficient (Wildman–Crippen LogP) is 6.56. The SMILES string of the molecule is CCSc1ccc(CC(=O)Nc2ccc(-c3nc4ccc(C)cc4s3)cc2)cc1. The van der Waals surface area contributed by atoms with Crippen LogP contribution in [0.1, 0.15) is 18.1 Å². The standard InChI is InChI=1S/C24H22N2OS2/c1-3-28-20-11-5-17(6-12-20)15-23(27)25-19-9-7-18(8-10-19)24-26-21-13-4-16(2)14-22(21)29-24/h4-14H,3,15H2,1-2H3,(H,25,27). The molecule has 0 bridgehead atoms. The number of carbonyl (C=O) groups is 1. The Morgan fingerprint density at radius 3 is 2.52 bits per heavy atom. The predicted molar refractivity (Wildman–Crippen MR) is 125 cm³/mol. The summed E-state index contributed by atoms with van der Waals surface area (Å²) in [5.74, 6) is 1.04. The smallest absolute Gasteiger partial charge is 0.228 e. The molecule has 1 amide bonds. The van der Waals surface area contributed by atoms with Gasteiger partial charge in [0.05, 0.1) is 16.6 Å². The number of benzene rings is 3. The Balaban J connectivity index is 1.41. The molecular formula is C24H22N2OS2. The first-order valence-electron chi connectivity index (χ1n) is 9.60. The van der Waals surface area contributed by atoms with Crippen molar-refractivity contribution < 1.29 is 4.79 Å². The number of anilines is 1. The van der Waals surface area contributed by atoms with Gasteiger partial charge < -0.3 is 5.32 Å². The van der Waals surface area contributed by atoms with Gasteiger partial charge in [0.2, 0.25) is 5.91 Å². The molecular weight excluding hydrogens is 396 g/mol. The number of amides is 1. The van der Waals surface area contributed by atoms with Gasteiger partial charge in [-0.05, 0) is 72.3 Å². The van der Waals surface area contributed by atoms with Gasteiger partial charge in [0.1, 0.15) is 5.01 Å². The molecule has 0 radical (unpaired) electrons. The Morgan fingerprint density at radius 2 is 1.79 bits per heavy atom. The van der Waals surface area contributed by atoms with Gasteiger partial charge in [0, 0.05) is 16.1 Å². The van der Waals surface area contributed by atoms with Gasteiger partial charge >= 0.3 is 0 Å². The summed E-state index contributed by atoms with van der Waals surface area (Å²) < 4.78 is 1.20. The van der Waals surface area contributed by atoms with E-state index in [1.165, 1.54) is 15.2 Å². The van der Waals surface area contributed by atoms with Crippen molar-refractivity contribution in [2.24, 2.45) is 0 Å². The van der Waals surface area contributed by atoms with Crippen LogP contribution in [0.25, 0.3) is 20.8 Å². The second kappa shape index (κ2) is 8.80. The normalized spacial score (nSPS) is 11.0. The molecule has 5 heteroatoms. The number of aryl methyl sites for hydroxylation is 1. The largest absolute Gasteiger partial charge is 0.326 e. The number of fused-ring (bicyclic) bond motifs is 1. The third kappa shape index (κ3) is 4.86. The summed E-state index contributed by atoms with van der Waals surface area (Å²) in [6, 6.07) is 22.4. The van der Waals surface area contributed by atoms with Crippen LogP contribution >= 0.6 is 23.1 Å². The zero-order chi connectivity index (χ0) is 20.2. The van der Waals surface area contributed by atoms with E-state index in [0.717, 1.165) is 33.1 Å². The van der Waals surface area contributed by atoms with Crippen molar-refractivity contribution in [2.75, 3.05) is 11.1 Å². The number of thiazole rings is 1. The first-order valence-corrected chi connectivity index (χ1v) is 11.4. The van der Waals surface area contributed by atoms with E-state index >= 15 is 0 Å². The second-order valence-electron chi connectivity index (χ2n) is 6.87. The first kappa shape index (κ1) is 19.7. The van der Waals surface area contributed by atoms with Gasteiger partial charge in [-0.25, -0.2) is 4.98 Å². The Bertz CT molecular complexity index is 1130. The molecule has 0 aliphatic carbocycles. The lowest BCUT2D eigenvalue weighted by atomic mass is 10.1. The van der Waals surface area contributed by atoms with Crippen LogP contribution in [0, 0.1) is 6.92 Å². The van der Waals surface area contributed by atoms with Gasteiger partial charge in [0.15, 0.2) is 0 Å². The second-order valence-corrected chi connectivity index (χ2v) is 9.24. The minimum atomic E-state index is -0.0101. The maximum Gasteiger partial charge on any atom is 0.228 e. The summed E-state index contributed by atoms with van der Waals surface area (Å²) in [7, 11) is 0. The summed E-state index contributed by atoms with van der Waals surface area (Å²) in [6.07, 6.45) is 0.371. The topological polar surface area (TPSA) is 42.0 Å². The molecule has 4 rings (SSSR count). The maximum absolute atomic E-state index is 12.4. The molecule has 0 saturated heterocycles. The van der Waals surface area contributed by atoms with Crippen LogP contribution in [0.5, 0.6) is 0 Å². The van der Waals surface area contributed by atoms with Gasteiger partial charge in [-0.15, -0.1) is 23.1 Å². The zero-order valence-corrected chi connectivity index (χ0v) is 18.1. The van der Waals surface area contributed by atoms with Gasteiger partial charge in [0.25, 0.3) is 0 Å². The Morgan fingerprint density at radius 1 is 1.03 bits per heavy atom. The average molecular weight is 419 g/mol. The van der Waals surface area contributed by atoms with Crippen molar-refractivity contribution in [3.05, 3.63) is 77.9 Å². The van der Waals surface area contributed by atoms with Crippen LogP contribution < -0.4 is 5.32 Å². The molecule has 29 heavy (non-hydrogen) atoms. The Kier molecular flexibility index (Phi) is 5.97. The number of hydrogen-bond acceptors (Lipinski definition) is 4. The molecule has 0 fully saturated rings. The highest BCUT2D eigenvalue weighted by molar-refractivity contribution is 7.99. The van der Waals surface area contributed by atoms with Crippen molar-refractivity contribution in [1.29, 1.82) is 0 Å². The molecule has 0 aliphatic heterocycles. The zero-order valence-electron chi connectivity index (χ0n) is 16.4. The van der Waals surface area contributed by atoms with Crippen LogP contribution in [0.15, 0.2) is 71.6 Å². The molecule has 3 aromatic carbocycles. The molecule has 1 heterocycles. The van der Waals surface area contributed by atoms with Gasteiger partial charge in [-0.2, -0.15) is 0 Å². The Labute approximate surface area is 179 Å². The van der Waals surface area contributed by atoms with Crippen molar-refractivity contribution in [3.63, 3.8) is 0 Å². The van der Waals surface area contributed by atoms with Crippen molar-refractivity contribution in [3.8, 4) is 10.6 Å². The van der Waals surface area contributed by atoms with E-state index in [0.29, 0.717) is 6.42 Å². The van der Waals surface area contributed by atoms with Crippen LogP contribution in [-0.2, 0) is 11.2 Å². The van der Waals surface area contributed by atoms with E-state index in [4.69, 9.17) is 4.98 Å². The van der Waals surface area contributed by atoms with Crippen molar-refractivity contribution in [2.45, 2.75) is 25.2 Å². The van der Waals surface area contributed by atoms with Crippen LogP contribution in [0.3, 0.4) is 0 Å². The number of nitrogens with zero attached hydrogens (tertiary/aromatic N) is 1. The number of carbonyl (C=O) groups excluding carboxylic acids is 1. The van der Waals surface area contributed by atoms with Crippen LogP contribution in [0.4, 0.5) is 5.69 Å². The summed E-state index contributed by atoms with van der Waals surface area (Å²) in [5, 5.41) is 3.98. The van der Waals surface area contributed by atoms with Crippen LogP contribution in [0.2, 0.25) is 0 Å². The molecule has 0 atom stereocenters. The number of rotatable bonds is 6. The number of aromatic nitrogens is 1. The molecule has 0 aliphatic rings. The lowest BCUT2D eigenvalue weighted by molar-refractivity contribution is -0.115. The average Bonchev–Trinajstić information content (AvgIpc) is 3.13. The lowest BCUT2D eigenvalue weighted by Crippen LogP contribution is -2.14. The molecule has 0 spiro atoms. The third-order valence-electron chi connectivity index (χ3n) is 4.56. The minimum Gasteiger partial charge on any atom is -0.326 e. The first-order chi connectivity index (χ1) is 14.1.